The Morgan fingerprint density at radius 3 is 1.63 bits per heavy atom. The van der Waals surface area contributed by atoms with Gasteiger partial charge < -0.3 is 5.11 Å². The second-order valence-corrected chi connectivity index (χ2v) is 7.83. The molecule has 5 heteroatoms. The first kappa shape index (κ1) is 23.6. The van der Waals surface area contributed by atoms with E-state index in [0.29, 0.717) is 6.42 Å². The molecule has 0 aliphatic heterocycles. The van der Waals surface area contributed by atoms with Crippen molar-refractivity contribution >= 4 is 5.97 Å². The molecule has 5 nitrogen and oxygen atoms in total. The van der Waals surface area contributed by atoms with Gasteiger partial charge in [-0.15, -0.1) is 5.10 Å². The molecule has 0 aliphatic rings. The van der Waals surface area contributed by atoms with Gasteiger partial charge in [0.2, 0.25) is 0 Å². The second kappa shape index (κ2) is 16.8. The monoisotopic (exact) mass is 379 g/mol. The van der Waals surface area contributed by atoms with Crippen molar-refractivity contribution in [2.75, 3.05) is 0 Å². The van der Waals surface area contributed by atoms with Gasteiger partial charge in [0, 0.05) is 6.20 Å². The van der Waals surface area contributed by atoms with Gasteiger partial charge in [-0.3, -0.25) is 0 Å². The average Bonchev–Trinajstić information content (AvgIpc) is 3.18. The maximum absolute atomic E-state index is 11.3. The van der Waals surface area contributed by atoms with Gasteiger partial charge in [-0.2, -0.15) is 0 Å². The molecule has 0 aliphatic carbocycles. The van der Waals surface area contributed by atoms with Crippen molar-refractivity contribution in [3.8, 4) is 0 Å². The third-order valence-electron chi connectivity index (χ3n) is 5.38. The van der Waals surface area contributed by atoms with Gasteiger partial charge >= 0.3 is 5.97 Å². The molecule has 1 aromatic heterocycles. The van der Waals surface area contributed by atoms with Crippen LogP contribution in [0.2, 0.25) is 0 Å². The predicted octanol–water partition coefficient (Wildman–Crippen LogP) is 6.56. The summed E-state index contributed by atoms with van der Waals surface area (Å²) in [7, 11) is 0. The lowest BCUT2D eigenvalue weighted by Crippen LogP contribution is -2.19. The van der Waals surface area contributed by atoms with E-state index in [1.165, 1.54) is 101 Å². The molecule has 0 spiro atoms. The molecule has 0 saturated carbocycles. The maximum Gasteiger partial charge on any atom is 0.328 e. The van der Waals surface area contributed by atoms with E-state index in [2.05, 4.69) is 17.2 Å². The van der Waals surface area contributed by atoms with Crippen molar-refractivity contribution in [1.82, 2.24) is 15.0 Å². The first-order valence-corrected chi connectivity index (χ1v) is 11.3. The number of aliphatic carboxylic acids is 1. The zero-order chi connectivity index (χ0) is 19.6. The van der Waals surface area contributed by atoms with Gasteiger partial charge in [-0.1, -0.05) is 115 Å². The minimum atomic E-state index is -0.818. The first-order valence-electron chi connectivity index (χ1n) is 11.3. The van der Waals surface area contributed by atoms with Crippen molar-refractivity contribution in [2.45, 2.75) is 122 Å². The molecule has 1 unspecified atom stereocenters. The molecule has 156 valence electrons. The smallest absolute Gasteiger partial charge is 0.328 e. The topological polar surface area (TPSA) is 68.0 Å². The Balaban J connectivity index is 1.83. The molecule has 0 amide bonds. The number of hydrogen-bond donors (Lipinski definition) is 1. The molecule has 1 N–H and O–H groups in total. The molecule has 1 atom stereocenters. The highest BCUT2D eigenvalue weighted by molar-refractivity contribution is 5.71. The van der Waals surface area contributed by atoms with Crippen LogP contribution in [0.4, 0.5) is 0 Å². The average molecular weight is 380 g/mol. The second-order valence-electron chi connectivity index (χ2n) is 7.83. The van der Waals surface area contributed by atoms with Crippen molar-refractivity contribution in [3.63, 3.8) is 0 Å². The van der Waals surface area contributed by atoms with Crippen LogP contribution in [0.1, 0.15) is 122 Å². The van der Waals surface area contributed by atoms with E-state index in [9.17, 15) is 9.90 Å². The van der Waals surface area contributed by atoms with Gasteiger partial charge in [0.1, 0.15) is 0 Å². The number of aromatic nitrogens is 3. The van der Waals surface area contributed by atoms with Crippen LogP contribution >= 0.6 is 0 Å². The molecule has 1 rings (SSSR count). The SMILES string of the molecule is CCCCCCCCCCCCCCCCCCC(C(=O)O)n1ccnn1. The van der Waals surface area contributed by atoms with Crippen LogP contribution < -0.4 is 0 Å². The van der Waals surface area contributed by atoms with Crippen molar-refractivity contribution in [3.05, 3.63) is 12.4 Å². The predicted molar refractivity (Wildman–Crippen MR) is 111 cm³/mol. The lowest BCUT2D eigenvalue weighted by molar-refractivity contribution is -0.141. The Bertz CT molecular complexity index is 448. The van der Waals surface area contributed by atoms with Crippen LogP contribution in [0.3, 0.4) is 0 Å². The number of carboxylic acid groups (broad SMARTS) is 1. The third kappa shape index (κ3) is 12.6. The minimum absolute atomic E-state index is 0.570. The van der Waals surface area contributed by atoms with E-state index in [1.807, 2.05) is 0 Å². The van der Waals surface area contributed by atoms with Crippen LogP contribution in [0, 0.1) is 0 Å². The van der Waals surface area contributed by atoms with Crippen LogP contribution in [0.15, 0.2) is 12.4 Å². The van der Waals surface area contributed by atoms with E-state index in [0.717, 1.165) is 12.8 Å². The fourth-order valence-electron chi connectivity index (χ4n) is 3.64. The summed E-state index contributed by atoms with van der Waals surface area (Å²) < 4.78 is 1.45. The summed E-state index contributed by atoms with van der Waals surface area (Å²) in [5.74, 6) is -0.818. The summed E-state index contributed by atoms with van der Waals surface area (Å²) in [4.78, 5) is 11.3. The summed E-state index contributed by atoms with van der Waals surface area (Å²) in [6, 6.07) is -0.570. The van der Waals surface area contributed by atoms with E-state index < -0.39 is 12.0 Å². The quantitative estimate of drug-likeness (QED) is 0.276. The van der Waals surface area contributed by atoms with Crippen LogP contribution in [-0.4, -0.2) is 26.1 Å². The van der Waals surface area contributed by atoms with Crippen LogP contribution in [0.25, 0.3) is 0 Å². The van der Waals surface area contributed by atoms with Crippen LogP contribution in [-0.2, 0) is 4.79 Å². The molecule has 1 heterocycles. The van der Waals surface area contributed by atoms with E-state index in [-0.39, 0.29) is 0 Å². The van der Waals surface area contributed by atoms with E-state index in [4.69, 9.17) is 0 Å². The molecule has 0 fully saturated rings. The Hall–Kier alpha value is -1.39. The Kier molecular flexibility index (Phi) is 14.7. The molecule has 0 bridgehead atoms. The minimum Gasteiger partial charge on any atom is -0.480 e. The fraction of sp³-hybridized carbons (Fsp3) is 0.864. The van der Waals surface area contributed by atoms with Gasteiger partial charge in [0.15, 0.2) is 6.04 Å². The van der Waals surface area contributed by atoms with Crippen LogP contribution in [0.5, 0.6) is 0 Å². The third-order valence-corrected chi connectivity index (χ3v) is 5.38. The van der Waals surface area contributed by atoms with Crippen molar-refractivity contribution in [1.29, 1.82) is 0 Å². The van der Waals surface area contributed by atoms with Gasteiger partial charge in [-0.25, -0.2) is 9.48 Å². The lowest BCUT2D eigenvalue weighted by Gasteiger charge is -2.11. The standard InChI is InChI=1S/C22H41N3O2/c1-2-3-4-5-6-7-8-9-10-11-12-13-14-15-16-17-18-21(22(26)27)25-20-19-23-24-25/h19-21H,2-18H2,1H3,(H,26,27). The molecule has 27 heavy (non-hydrogen) atoms. The number of rotatable bonds is 19. The highest BCUT2D eigenvalue weighted by atomic mass is 16.4. The normalized spacial score (nSPS) is 12.3. The van der Waals surface area contributed by atoms with Crippen molar-refractivity contribution < 1.29 is 9.90 Å². The molecular formula is C22H41N3O2. The summed E-state index contributed by atoms with van der Waals surface area (Å²) in [5.41, 5.74) is 0. The molecule has 0 saturated heterocycles. The first-order chi connectivity index (χ1) is 13.3. The van der Waals surface area contributed by atoms with Gasteiger partial charge in [0.25, 0.3) is 0 Å². The van der Waals surface area contributed by atoms with Gasteiger partial charge in [0.05, 0.1) is 6.20 Å². The molecular weight excluding hydrogens is 338 g/mol. The lowest BCUT2D eigenvalue weighted by atomic mass is 10.0. The number of hydrogen-bond acceptors (Lipinski definition) is 3. The maximum atomic E-state index is 11.3. The Labute approximate surface area is 165 Å². The van der Waals surface area contributed by atoms with E-state index >= 15 is 0 Å². The Morgan fingerprint density at radius 2 is 1.26 bits per heavy atom. The summed E-state index contributed by atoms with van der Waals surface area (Å²) in [6.07, 6.45) is 25.1. The zero-order valence-corrected chi connectivity index (χ0v) is 17.4. The molecule has 1 aromatic rings. The summed E-state index contributed by atoms with van der Waals surface area (Å²) in [5, 5.41) is 16.8. The number of nitrogens with zero attached hydrogens (tertiary/aromatic N) is 3. The van der Waals surface area contributed by atoms with E-state index in [1.54, 1.807) is 6.20 Å². The number of carbonyl (C=O) groups is 1. The summed E-state index contributed by atoms with van der Waals surface area (Å²) in [6.45, 7) is 2.27. The highest BCUT2D eigenvalue weighted by Gasteiger charge is 2.19. The van der Waals surface area contributed by atoms with Gasteiger partial charge in [-0.05, 0) is 6.42 Å². The largest absolute Gasteiger partial charge is 0.480 e. The number of unbranched alkanes of at least 4 members (excludes halogenated alkanes) is 15. The van der Waals surface area contributed by atoms with Crippen molar-refractivity contribution in [2.24, 2.45) is 0 Å². The Morgan fingerprint density at radius 1 is 0.815 bits per heavy atom. The number of carboxylic acids is 1. The highest BCUT2D eigenvalue weighted by Crippen LogP contribution is 2.17. The molecule has 0 aromatic carbocycles. The molecule has 0 radical (unpaired) electrons. The fourth-order valence-corrected chi connectivity index (χ4v) is 3.64. The summed E-state index contributed by atoms with van der Waals surface area (Å²) >= 11 is 0. The zero-order valence-electron chi connectivity index (χ0n) is 17.4.